The van der Waals surface area contributed by atoms with Crippen molar-refractivity contribution in [1.82, 2.24) is 14.9 Å². The lowest BCUT2D eigenvalue weighted by Crippen LogP contribution is -2.45. The van der Waals surface area contributed by atoms with Crippen LogP contribution in [0.25, 0.3) is 33.6 Å². The van der Waals surface area contributed by atoms with Crippen molar-refractivity contribution in [3.8, 4) is 33.6 Å². The lowest BCUT2D eigenvalue weighted by atomic mass is 9.96. The molecule has 2 N–H and O–H groups in total. The van der Waals surface area contributed by atoms with Gasteiger partial charge in [0.15, 0.2) is 5.78 Å². The molecule has 5 aromatic rings. The van der Waals surface area contributed by atoms with E-state index in [1.165, 1.54) is 23.4 Å². The Morgan fingerprint density at radius 1 is 0.683 bits per heavy atom. The molecule has 0 unspecified atom stereocenters. The molecule has 2 aliphatic rings. The van der Waals surface area contributed by atoms with Crippen LogP contribution in [0.3, 0.4) is 0 Å². The van der Waals surface area contributed by atoms with Crippen molar-refractivity contribution in [2.75, 3.05) is 36.8 Å². The molecule has 1 saturated heterocycles. The predicted octanol–water partition coefficient (Wildman–Crippen LogP) is 6.07. The number of aromatic nitrogens is 2. The van der Waals surface area contributed by atoms with E-state index in [9.17, 15) is 9.18 Å². The molecule has 1 aliphatic carbocycles. The number of carbonyl (C=O) groups is 1. The zero-order valence-electron chi connectivity index (χ0n) is 22.4. The summed E-state index contributed by atoms with van der Waals surface area (Å²) in [5.41, 5.74) is 13.8. The number of hydrogen-bond donors (Lipinski definition) is 1. The minimum absolute atomic E-state index is 0.0697. The molecule has 1 fully saturated rings. The zero-order chi connectivity index (χ0) is 27.9. The van der Waals surface area contributed by atoms with Crippen molar-refractivity contribution in [1.29, 1.82) is 0 Å². The fourth-order valence-electron chi connectivity index (χ4n) is 5.92. The van der Waals surface area contributed by atoms with E-state index in [1.54, 1.807) is 12.1 Å². The number of piperazine rings is 1. The van der Waals surface area contributed by atoms with Crippen molar-refractivity contribution >= 4 is 17.4 Å². The third-order valence-corrected chi connectivity index (χ3v) is 7.98. The minimum Gasteiger partial charge on any atom is -0.369 e. The summed E-state index contributed by atoms with van der Waals surface area (Å²) in [7, 11) is 0. The van der Waals surface area contributed by atoms with E-state index in [0.717, 1.165) is 49.4 Å². The maximum Gasteiger partial charge on any atom is 0.221 e. The summed E-state index contributed by atoms with van der Waals surface area (Å²) in [6.07, 6.45) is 0. The molecule has 0 radical (unpaired) electrons. The molecule has 0 saturated carbocycles. The summed E-state index contributed by atoms with van der Waals surface area (Å²) < 4.78 is 13.6. The number of nitrogens with two attached hydrogens (primary N) is 1. The summed E-state index contributed by atoms with van der Waals surface area (Å²) in [6.45, 7) is 4.94. The Hall–Kier alpha value is -4.88. The van der Waals surface area contributed by atoms with Crippen LogP contribution < -0.4 is 10.6 Å². The molecule has 6 nitrogen and oxygen atoms in total. The SMILES string of the molecule is Nc1nc(-c2ccc(F)cc2)c2c(n1)-c1c(cccc1-c1ccc(N3CCN(Cc4ccccc4)CC3)cc1)C2=O. The van der Waals surface area contributed by atoms with E-state index in [-0.39, 0.29) is 17.5 Å². The number of hydrogen-bond acceptors (Lipinski definition) is 6. The molecule has 0 atom stereocenters. The van der Waals surface area contributed by atoms with E-state index in [2.05, 4.69) is 74.4 Å². The summed E-state index contributed by atoms with van der Waals surface area (Å²) in [6, 6.07) is 30.8. The monoisotopic (exact) mass is 541 g/mol. The topological polar surface area (TPSA) is 75.3 Å². The molecule has 1 aliphatic heterocycles. The summed E-state index contributed by atoms with van der Waals surface area (Å²) >= 11 is 0. The van der Waals surface area contributed by atoms with E-state index in [1.807, 2.05) is 18.2 Å². The van der Waals surface area contributed by atoms with Gasteiger partial charge in [-0.25, -0.2) is 14.4 Å². The van der Waals surface area contributed by atoms with Crippen molar-refractivity contribution < 1.29 is 9.18 Å². The highest BCUT2D eigenvalue weighted by Crippen LogP contribution is 2.45. The van der Waals surface area contributed by atoms with Gasteiger partial charge in [-0.3, -0.25) is 9.69 Å². The largest absolute Gasteiger partial charge is 0.369 e. The molecule has 202 valence electrons. The first kappa shape index (κ1) is 25.1. The highest BCUT2D eigenvalue weighted by Gasteiger charge is 2.34. The number of rotatable bonds is 5. The standard InChI is InChI=1S/C34H28FN5O/c35-25-13-9-24(10-14-25)31-30-32(38-34(36)37-31)29-27(7-4-8-28(29)33(30)41)23-11-15-26(16-12-23)40-19-17-39(18-20-40)21-22-5-2-1-3-6-22/h1-16H,17-21H2,(H2,36,37,38). The first-order valence-corrected chi connectivity index (χ1v) is 13.8. The van der Waals surface area contributed by atoms with Gasteiger partial charge in [0.25, 0.3) is 0 Å². The van der Waals surface area contributed by atoms with Gasteiger partial charge in [0.1, 0.15) is 5.82 Å². The summed E-state index contributed by atoms with van der Waals surface area (Å²) in [5, 5.41) is 0. The molecule has 0 amide bonds. The minimum atomic E-state index is -0.359. The Morgan fingerprint density at radius 3 is 2.07 bits per heavy atom. The van der Waals surface area contributed by atoms with Gasteiger partial charge in [0.05, 0.1) is 17.0 Å². The smallest absolute Gasteiger partial charge is 0.221 e. The van der Waals surface area contributed by atoms with Crippen LogP contribution in [0.5, 0.6) is 0 Å². The van der Waals surface area contributed by atoms with Crippen LogP contribution in [0.2, 0.25) is 0 Å². The second-order valence-electron chi connectivity index (χ2n) is 10.5. The average Bonchev–Trinajstić information content (AvgIpc) is 3.30. The van der Waals surface area contributed by atoms with E-state index in [4.69, 9.17) is 5.73 Å². The van der Waals surface area contributed by atoms with Crippen LogP contribution >= 0.6 is 0 Å². The fourth-order valence-corrected chi connectivity index (χ4v) is 5.92. The van der Waals surface area contributed by atoms with Gasteiger partial charge in [0, 0.05) is 55.1 Å². The third-order valence-electron chi connectivity index (χ3n) is 7.98. The van der Waals surface area contributed by atoms with E-state index in [0.29, 0.717) is 28.1 Å². The highest BCUT2D eigenvalue weighted by molar-refractivity contribution is 6.25. The average molecular weight is 542 g/mol. The lowest BCUT2D eigenvalue weighted by Gasteiger charge is -2.36. The maximum atomic E-state index is 13.6. The van der Waals surface area contributed by atoms with Crippen LogP contribution in [0.1, 0.15) is 21.5 Å². The second kappa shape index (κ2) is 10.3. The molecular weight excluding hydrogens is 513 g/mol. The first-order chi connectivity index (χ1) is 20.0. The molecule has 4 aromatic carbocycles. The predicted molar refractivity (Wildman–Crippen MR) is 160 cm³/mol. The lowest BCUT2D eigenvalue weighted by molar-refractivity contribution is 0.104. The van der Waals surface area contributed by atoms with E-state index >= 15 is 0 Å². The Balaban J connectivity index is 1.17. The summed E-state index contributed by atoms with van der Waals surface area (Å²) in [5.74, 6) is -0.441. The number of ketones is 1. The Bertz CT molecular complexity index is 1750. The second-order valence-corrected chi connectivity index (χ2v) is 10.5. The number of benzene rings is 4. The van der Waals surface area contributed by atoms with Crippen LogP contribution in [-0.2, 0) is 6.54 Å². The van der Waals surface area contributed by atoms with Gasteiger partial charge in [-0.2, -0.15) is 0 Å². The fraction of sp³-hybridized carbons (Fsp3) is 0.147. The molecule has 0 bridgehead atoms. The normalized spacial score (nSPS) is 14.7. The Kier molecular flexibility index (Phi) is 6.29. The molecule has 41 heavy (non-hydrogen) atoms. The number of halogens is 1. The molecule has 0 spiro atoms. The number of nitrogen functional groups attached to an aromatic ring is 1. The number of anilines is 2. The van der Waals surface area contributed by atoms with Crippen LogP contribution in [0, 0.1) is 5.82 Å². The third kappa shape index (κ3) is 4.64. The number of nitrogens with zero attached hydrogens (tertiary/aromatic N) is 4. The van der Waals surface area contributed by atoms with Crippen LogP contribution in [0.15, 0.2) is 97.1 Å². The molecule has 7 rings (SSSR count). The zero-order valence-corrected chi connectivity index (χ0v) is 22.4. The van der Waals surface area contributed by atoms with Gasteiger partial charge in [0.2, 0.25) is 5.95 Å². The van der Waals surface area contributed by atoms with Crippen molar-refractivity contribution in [3.63, 3.8) is 0 Å². The summed E-state index contributed by atoms with van der Waals surface area (Å²) in [4.78, 5) is 27.5. The quantitative estimate of drug-likeness (QED) is 0.286. The Labute approximate surface area is 237 Å². The molecule has 7 heteroatoms. The van der Waals surface area contributed by atoms with Crippen LogP contribution in [-0.4, -0.2) is 46.8 Å². The number of fused-ring (bicyclic) bond motifs is 3. The number of carbonyl (C=O) groups excluding carboxylic acids is 1. The first-order valence-electron chi connectivity index (χ1n) is 13.8. The van der Waals surface area contributed by atoms with Crippen molar-refractivity contribution in [3.05, 3.63) is 120 Å². The maximum absolute atomic E-state index is 13.6. The van der Waals surface area contributed by atoms with Gasteiger partial charge >= 0.3 is 0 Å². The van der Waals surface area contributed by atoms with Gasteiger partial charge < -0.3 is 10.6 Å². The molecule has 2 heterocycles. The van der Waals surface area contributed by atoms with Crippen LogP contribution in [0.4, 0.5) is 16.0 Å². The van der Waals surface area contributed by atoms with Crippen molar-refractivity contribution in [2.45, 2.75) is 6.54 Å². The van der Waals surface area contributed by atoms with Gasteiger partial charge in [-0.05, 0) is 53.1 Å². The molecule has 1 aromatic heterocycles. The molecular formula is C34H28FN5O. The van der Waals surface area contributed by atoms with Gasteiger partial charge in [-0.15, -0.1) is 0 Å². The van der Waals surface area contributed by atoms with Crippen molar-refractivity contribution in [2.24, 2.45) is 0 Å². The highest BCUT2D eigenvalue weighted by atomic mass is 19.1. The Morgan fingerprint density at radius 2 is 1.34 bits per heavy atom. The van der Waals surface area contributed by atoms with Gasteiger partial charge in [-0.1, -0.05) is 60.7 Å². The van der Waals surface area contributed by atoms with E-state index < -0.39 is 0 Å².